The minimum atomic E-state index is 0.618. The highest BCUT2D eigenvalue weighted by Gasteiger charge is 2.07. The Morgan fingerprint density at radius 1 is 1.39 bits per heavy atom. The molecular formula is C13H17N3OS. The molecule has 0 amide bonds. The lowest BCUT2D eigenvalue weighted by atomic mass is 10.3. The largest absolute Gasteiger partial charge is 0.478 e. The van der Waals surface area contributed by atoms with Crippen LogP contribution in [0, 0.1) is 6.92 Å². The van der Waals surface area contributed by atoms with Crippen molar-refractivity contribution in [3.05, 3.63) is 34.3 Å². The zero-order valence-corrected chi connectivity index (χ0v) is 11.5. The van der Waals surface area contributed by atoms with Gasteiger partial charge in [0.2, 0.25) is 5.88 Å². The fourth-order valence-corrected chi connectivity index (χ4v) is 2.36. The molecule has 0 unspecified atom stereocenters. The number of anilines is 1. The van der Waals surface area contributed by atoms with Crippen LogP contribution in [0.15, 0.2) is 23.8 Å². The van der Waals surface area contributed by atoms with E-state index >= 15 is 0 Å². The van der Waals surface area contributed by atoms with E-state index in [1.165, 1.54) is 11.2 Å². The molecule has 0 aromatic carbocycles. The first-order chi connectivity index (χ1) is 8.81. The number of hydrogen-bond donors (Lipinski definition) is 1. The molecule has 2 heterocycles. The van der Waals surface area contributed by atoms with E-state index in [1.54, 1.807) is 11.3 Å². The maximum absolute atomic E-state index is 5.44. The van der Waals surface area contributed by atoms with Crippen LogP contribution in [0.4, 0.5) is 5.82 Å². The summed E-state index contributed by atoms with van der Waals surface area (Å²) in [5, 5.41) is 5.42. The molecule has 0 bridgehead atoms. The second-order valence-corrected chi connectivity index (χ2v) is 4.87. The van der Waals surface area contributed by atoms with Crippen molar-refractivity contribution < 1.29 is 4.74 Å². The molecule has 0 spiro atoms. The molecule has 0 aliphatic heterocycles. The SMILES string of the molecule is CCOc1ncnc(NCCc2cccs2)c1C. The standard InChI is InChI=1S/C13H17N3OS/c1-3-17-13-10(2)12(15-9-16-13)14-7-6-11-5-4-8-18-11/h4-5,8-9H,3,6-7H2,1-2H3,(H,14,15,16). The number of nitrogens with one attached hydrogen (secondary N) is 1. The number of hydrogen-bond acceptors (Lipinski definition) is 5. The van der Waals surface area contributed by atoms with Gasteiger partial charge in [-0.2, -0.15) is 0 Å². The van der Waals surface area contributed by atoms with E-state index in [4.69, 9.17) is 4.74 Å². The molecule has 2 aromatic rings. The summed E-state index contributed by atoms with van der Waals surface area (Å²) in [5.41, 5.74) is 0.963. The second kappa shape index (κ2) is 6.35. The molecule has 0 atom stereocenters. The van der Waals surface area contributed by atoms with Crippen molar-refractivity contribution in [3.63, 3.8) is 0 Å². The van der Waals surface area contributed by atoms with Gasteiger partial charge >= 0.3 is 0 Å². The van der Waals surface area contributed by atoms with E-state index in [1.807, 2.05) is 13.8 Å². The summed E-state index contributed by atoms with van der Waals surface area (Å²) in [7, 11) is 0. The van der Waals surface area contributed by atoms with E-state index in [0.717, 1.165) is 24.3 Å². The van der Waals surface area contributed by atoms with E-state index in [2.05, 4.69) is 32.8 Å². The molecule has 96 valence electrons. The lowest BCUT2D eigenvalue weighted by molar-refractivity contribution is 0.324. The summed E-state index contributed by atoms with van der Waals surface area (Å²) >= 11 is 1.78. The van der Waals surface area contributed by atoms with Gasteiger partial charge in [-0.25, -0.2) is 9.97 Å². The van der Waals surface area contributed by atoms with Crippen LogP contribution in [0.1, 0.15) is 17.4 Å². The lowest BCUT2D eigenvalue weighted by Crippen LogP contribution is -2.08. The molecule has 5 heteroatoms. The fraction of sp³-hybridized carbons (Fsp3) is 0.385. The van der Waals surface area contributed by atoms with Crippen molar-refractivity contribution in [3.8, 4) is 5.88 Å². The van der Waals surface area contributed by atoms with Crippen molar-refractivity contribution in [2.24, 2.45) is 0 Å². The predicted molar refractivity (Wildman–Crippen MR) is 74.5 cm³/mol. The molecule has 18 heavy (non-hydrogen) atoms. The maximum atomic E-state index is 5.44. The van der Waals surface area contributed by atoms with Gasteiger partial charge < -0.3 is 10.1 Å². The van der Waals surface area contributed by atoms with Crippen LogP contribution in [-0.4, -0.2) is 23.1 Å². The van der Waals surface area contributed by atoms with Crippen LogP contribution in [-0.2, 0) is 6.42 Å². The first-order valence-electron chi connectivity index (χ1n) is 6.02. The Balaban J connectivity index is 1.94. The third-order valence-electron chi connectivity index (χ3n) is 2.56. The summed E-state index contributed by atoms with van der Waals surface area (Å²) in [6.07, 6.45) is 2.54. The molecular weight excluding hydrogens is 246 g/mol. The first kappa shape index (κ1) is 12.8. The van der Waals surface area contributed by atoms with Crippen LogP contribution in [0.25, 0.3) is 0 Å². The zero-order valence-electron chi connectivity index (χ0n) is 10.6. The van der Waals surface area contributed by atoms with Crippen LogP contribution in [0.5, 0.6) is 5.88 Å². The van der Waals surface area contributed by atoms with E-state index < -0.39 is 0 Å². The molecule has 0 saturated carbocycles. The van der Waals surface area contributed by atoms with E-state index in [9.17, 15) is 0 Å². The van der Waals surface area contributed by atoms with Gasteiger partial charge in [0.15, 0.2) is 0 Å². The molecule has 0 aliphatic rings. The Bertz CT molecular complexity index is 485. The maximum Gasteiger partial charge on any atom is 0.221 e. The van der Waals surface area contributed by atoms with Gasteiger partial charge in [0.05, 0.1) is 12.2 Å². The molecule has 2 aromatic heterocycles. The van der Waals surface area contributed by atoms with Gasteiger partial charge in [-0.1, -0.05) is 6.07 Å². The molecule has 0 radical (unpaired) electrons. The molecule has 1 N–H and O–H groups in total. The average molecular weight is 263 g/mol. The quantitative estimate of drug-likeness (QED) is 0.870. The number of ether oxygens (including phenoxy) is 1. The summed E-state index contributed by atoms with van der Waals surface area (Å²) < 4.78 is 5.44. The van der Waals surface area contributed by atoms with Crippen molar-refractivity contribution in [2.45, 2.75) is 20.3 Å². The molecule has 0 fully saturated rings. The Hall–Kier alpha value is -1.62. The summed E-state index contributed by atoms with van der Waals surface area (Å²) in [6, 6.07) is 4.22. The highest BCUT2D eigenvalue weighted by molar-refractivity contribution is 7.09. The second-order valence-electron chi connectivity index (χ2n) is 3.84. The molecule has 2 rings (SSSR count). The third-order valence-corrected chi connectivity index (χ3v) is 3.50. The first-order valence-corrected chi connectivity index (χ1v) is 6.90. The number of thiophene rings is 1. The Labute approximate surface area is 111 Å². The Morgan fingerprint density at radius 3 is 3.00 bits per heavy atom. The average Bonchev–Trinajstić information content (AvgIpc) is 2.87. The van der Waals surface area contributed by atoms with Gasteiger partial charge in [-0.05, 0) is 31.7 Å². The summed E-state index contributed by atoms with van der Waals surface area (Å²) in [5.74, 6) is 1.51. The van der Waals surface area contributed by atoms with E-state index in [0.29, 0.717) is 12.5 Å². The van der Waals surface area contributed by atoms with E-state index in [-0.39, 0.29) is 0 Å². The van der Waals surface area contributed by atoms with Crippen LogP contribution in [0.3, 0.4) is 0 Å². The third kappa shape index (κ3) is 3.20. The van der Waals surface area contributed by atoms with Crippen LogP contribution in [0.2, 0.25) is 0 Å². The normalized spacial score (nSPS) is 10.3. The van der Waals surface area contributed by atoms with Gasteiger partial charge in [-0.3, -0.25) is 0 Å². The van der Waals surface area contributed by atoms with Crippen molar-refractivity contribution in [1.82, 2.24) is 9.97 Å². The van der Waals surface area contributed by atoms with Crippen LogP contribution < -0.4 is 10.1 Å². The fourth-order valence-electron chi connectivity index (χ4n) is 1.65. The van der Waals surface area contributed by atoms with Crippen LogP contribution >= 0.6 is 11.3 Å². The minimum Gasteiger partial charge on any atom is -0.478 e. The molecule has 0 aliphatic carbocycles. The Kier molecular flexibility index (Phi) is 4.52. The predicted octanol–water partition coefficient (Wildman–Crippen LogP) is 2.90. The van der Waals surface area contributed by atoms with Crippen molar-refractivity contribution in [1.29, 1.82) is 0 Å². The van der Waals surface area contributed by atoms with Crippen molar-refractivity contribution in [2.75, 3.05) is 18.5 Å². The highest BCUT2D eigenvalue weighted by Crippen LogP contribution is 2.20. The lowest BCUT2D eigenvalue weighted by Gasteiger charge is -2.10. The highest BCUT2D eigenvalue weighted by atomic mass is 32.1. The monoisotopic (exact) mass is 263 g/mol. The minimum absolute atomic E-state index is 0.618. The molecule has 4 nitrogen and oxygen atoms in total. The summed E-state index contributed by atoms with van der Waals surface area (Å²) in [4.78, 5) is 9.73. The van der Waals surface area contributed by atoms with Gasteiger partial charge in [-0.15, -0.1) is 11.3 Å². The number of nitrogens with zero attached hydrogens (tertiary/aromatic N) is 2. The van der Waals surface area contributed by atoms with Gasteiger partial charge in [0, 0.05) is 11.4 Å². The smallest absolute Gasteiger partial charge is 0.221 e. The number of aromatic nitrogens is 2. The summed E-state index contributed by atoms with van der Waals surface area (Å²) in [6.45, 7) is 5.40. The molecule has 0 saturated heterocycles. The topological polar surface area (TPSA) is 47.0 Å². The number of rotatable bonds is 6. The zero-order chi connectivity index (χ0) is 12.8. The van der Waals surface area contributed by atoms with Gasteiger partial charge in [0.25, 0.3) is 0 Å². The Morgan fingerprint density at radius 2 is 2.28 bits per heavy atom. The van der Waals surface area contributed by atoms with Gasteiger partial charge in [0.1, 0.15) is 12.1 Å². The van der Waals surface area contributed by atoms with Crippen molar-refractivity contribution >= 4 is 17.2 Å².